The molecule has 1 saturated carbocycles. The molecule has 3 aliphatic rings. The van der Waals surface area contributed by atoms with E-state index in [1.807, 2.05) is 36.4 Å². The molecule has 4 nitrogen and oxygen atoms in total. The average Bonchev–Trinajstić information content (AvgIpc) is 2.85. The number of Topliss-reactive ketones (excluding diaryl/α,β-unsaturated/α-hetero) is 1. The van der Waals surface area contributed by atoms with E-state index in [1.54, 1.807) is 0 Å². The number of benzene rings is 1. The van der Waals surface area contributed by atoms with Crippen LogP contribution in [0.15, 0.2) is 53.1 Å². The summed E-state index contributed by atoms with van der Waals surface area (Å²) in [6, 6.07) is 9.69. The van der Waals surface area contributed by atoms with E-state index in [0.717, 1.165) is 36.8 Å². The summed E-state index contributed by atoms with van der Waals surface area (Å²) in [5.74, 6) is -0.340. The molecule has 4 atom stereocenters. The second-order valence-corrected chi connectivity index (χ2v) is 10.4. The van der Waals surface area contributed by atoms with Crippen molar-refractivity contribution in [3.63, 3.8) is 0 Å². The van der Waals surface area contributed by atoms with Crippen LogP contribution in [-0.2, 0) is 20.9 Å². The van der Waals surface area contributed by atoms with E-state index in [1.165, 1.54) is 0 Å². The fraction of sp³-hybridized carbons (Fsp3) is 0.556. The van der Waals surface area contributed by atoms with Crippen LogP contribution in [0.1, 0.15) is 65.4 Å². The van der Waals surface area contributed by atoms with Crippen LogP contribution in [0.4, 0.5) is 0 Å². The van der Waals surface area contributed by atoms with Gasteiger partial charge >= 0.3 is 5.97 Å². The van der Waals surface area contributed by atoms with Crippen LogP contribution >= 0.6 is 0 Å². The lowest BCUT2D eigenvalue weighted by Gasteiger charge is -2.38. The first kappa shape index (κ1) is 22.0. The van der Waals surface area contributed by atoms with Crippen LogP contribution in [0.5, 0.6) is 0 Å². The number of hydrogen-bond donors (Lipinski definition) is 1. The molecular weight excluding hydrogens is 388 g/mol. The Bertz CT molecular complexity index is 941. The van der Waals surface area contributed by atoms with Crippen molar-refractivity contribution in [2.75, 3.05) is 0 Å². The van der Waals surface area contributed by atoms with Gasteiger partial charge < -0.3 is 9.84 Å². The molecular formula is C27H34O4. The summed E-state index contributed by atoms with van der Waals surface area (Å²) in [7, 11) is 0. The zero-order valence-electron chi connectivity index (χ0n) is 19.1. The van der Waals surface area contributed by atoms with Gasteiger partial charge in [0.05, 0.1) is 0 Å². The van der Waals surface area contributed by atoms with Gasteiger partial charge in [0.2, 0.25) is 0 Å². The number of esters is 1. The molecule has 0 amide bonds. The lowest BCUT2D eigenvalue weighted by molar-refractivity contribution is -0.140. The Morgan fingerprint density at radius 3 is 2.55 bits per heavy atom. The third-order valence-electron chi connectivity index (χ3n) is 8.02. The Morgan fingerprint density at radius 1 is 1.16 bits per heavy atom. The smallest absolute Gasteiger partial charge is 0.334 e. The SMILES string of the molecule is CC(C)[C@H]1[C@@H](O)C(=O)C2=CC3=C(C(=O)OCc4ccccc4)CCC[C@@]3(C)CC[C@@]21C. The molecule has 0 unspecified atom stereocenters. The first-order chi connectivity index (χ1) is 14.7. The number of aliphatic hydroxyl groups excluding tert-OH is 1. The van der Waals surface area contributed by atoms with Crippen molar-refractivity contribution in [1.29, 1.82) is 0 Å². The highest BCUT2D eigenvalue weighted by molar-refractivity contribution is 6.04. The van der Waals surface area contributed by atoms with Gasteiger partial charge in [-0.05, 0) is 54.6 Å². The van der Waals surface area contributed by atoms with E-state index in [0.29, 0.717) is 17.6 Å². The molecule has 1 N–H and O–H groups in total. The number of aliphatic hydroxyl groups is 1. The van der Waals surface area contributed by atoms with Gasteiger partial charge in [0.1, 0.15) is 12.7 Å². The monoisotopic (exact) mass is 422 g/mol. The van der Waals surface area contributed by atoms with Crippen molar-refractivity contribution in [2.45, 2.75) is 72.5 Å². The predicted molar refractivity (Wildman–Crippen MR) is 120 cm³/mol. The maximum absolute atomic E-state index is 13.1. The van der Waals surface area contributed by atoms with Crippen LogP contribution in [-0.4, -0.2) is 23.0 Å². The predicted octanol–water partition coefficient (Wildman–Crippen LogP) is 5.16. The Labute approximate surface area is 185 Å². The van der Waals surface area contributed by atoms with E-state index >= 15 is 0 Å². The molecule has 0 aromatic heterocycles. The third kappa shape index (κ3) is 3.69. The van der Waals surface area contributed by atoms with E-state index in [9.17, 15) is 14.7 Å². The third-order valence-corrected chi connectivity index (χ3v) is 8.02. The lowest BCUT2D eigenvalue weighted by Crippen LogP contribution is -2.34. The number of carbonyl (C=O) groups is 2. The molecule has 4 rings (SSSR count). The van der Waals surface area contributed by atoms with Gasteiger partial charge in [-0.3, -0.25) is 4.79 Å². The van der Waals surface area contributed by atoms with E-state index in [2.05, 4.69) is 27.7 Å². The first-order valence-corrected chi connectivity index (χ1v) is 11.6. The summed E-state index contributed by atoms with van der Waals surface area (Å²) < 4.78 is 5.69. The largest absolute Gasteiger partial charge is 0.457 e. The van der Waals surface area contributed by atoms with E-state index in [-0.39, 0.29) is 41.0 Å². The van der Waals surface area contributed by atoms with Crippen molar-refractivity contribution >= 4 is 11.8 Å². The number of carbonyl (C=O) groups excluding carboxylic acids is 2. The summed E-state index contributed by atoms with van der Waals surface area (Å²) >= 11 is 0. The lowest BCUT2D eigenvalue weighted by atomic mass is 9.66. The molecule has 31 heavy (non-hydrogen) atoms. The second kappa shape index (κ2) is 8.05. The van der Waals surface area contributed by atoms with Gasteiger partial charge in [-0.25, -0.2) is 4.79 Å². The standard InChI is InChI=1S/C27H34O4/c1-17(2)22-24(29)23(28)21-15-20-19(25(30)31-16-18-9-6-5-7-10-18)11-8-12-26(20,3)13-14-27(21,22)4/h5-7,9-10,15,17,22,24,29H,8,11-14,16H2,1-4H3/t22-,24+,26-,27-/m0/s1. The first-order valence-electron chi connectivity index (χ1n) is 11.6. The molecule has 4 heteroatoms. The normalized spacial score (nSPS) is 33.0. The number of fused-ring (bicyclic) bond motifs is 2. The van der Waals surface area contributed by atoms with E-state index < -0.39 is 6.10 Å². The molecule has 0 saturated heterocycles. The fourth-order valence-electron chi connectivity index (χ4n) is 6.28. The van der Waals surface area contributed by atoms with Crippen molar-refractivity contribution in [2.24, 2.45) is 22.7 Å². The van der Waals surface area contributed by atoms with Gasteiger partial charge in [-0.2, -0.15) is 0 Å². The molecule has 3 aliphatic carbocycles. The fourth-order valence-corrected chi connectivity index (χ4v) is 6.28. The van der Waals surface area contributed by atoms with Gasteiger partial charge in [0, 0.05) is 22.5 Å². The minimum Gasteiger partial charge on any atom is -0.457 e. The highest BCUT2D eigenvalue weighted by Crippen LogP contribution is 2.58. The van der Waals surface area contributed by atoms with Crippen LogP contribution in [0.3, 0.4) is 0 Å². The molecule has 0 bridgehead atoms. The van der Waals surface area contributed by atoms with Gasteiger partial charge in [-0.15, -0.1) is 0 Å². The van der Waals surface area contributed by atoms with Gasteiger partial charge in [0.15, 0.2) is 5.78 Å². The van der Waals surface area contributed by atoms with Crippen LogP contribution in [0.2, 0.25) is 0 Å². The number of hydrogen-bond acceptors (Lipinski definition) is 4. The highest BCUT2D eigenvalue weighted by Gasteiger charge is 2.56. The van der Waals surface area contributed by atoms with Crippen molar-refractivity contribution in [1.82, 2.24) is 0 Å². The Kier molecular flexibility index (Phi) is 5.72. The zero-order chi connectivity index (χ0) is 22.4. The molecule has 0 heterocycles. The topological polar surface area (TPSA) is 63.6 Å². The van der Waals surface area contributed by atoms with Gasteiger partial charge in [0.25, 0.3) is 0 Å². The van der Waals surface area contributed by atoms with E-state index in [4.69, 9.17) is 4.74 Å². The van der Waals surface area contributed by atoms with Crippen molar-refractivity contribution < 1.29 is 19.4 Å². The maximum Gasteiger partial charge on any atom is 0.334 e. The summed E-state index contributed by atoms with van der Waals surface area (Å²) in [5.41, 5.74) is 2.81. The molecule has 1 fully saturated rings. The van der Waals surface area contributed by atoms with Crippen LogP contribution in [0.25, 0.3) is 0 Å². The molecule has 0 aliphatic heterocycles. The summed E-state index contributed by atoms with van der Waals surface area (Å²) in [6.07, 6.45) is 5.37. The number of rotatable bonds is 4. The number of ketones is 1. The summed E-state index contributed by atoms with van der Waals surface area (Å²) in [4.78, 5) is 26.2. The number of ether oxygens (including phenoxy) is 1. The molecule has 1 aromatic rings. The maximum atomic E-state index is 13.1. The Balaban J connectivity index is 1.73. The minimum absolute atomic E-state index is 0.0934. The van der Waals surface area contributed by atoms with Crippen LogP contribution < -0.4 is 0 Å². The quantitative estimate of drug-likeness (QED) is 0.681. The molecule has 166 valence electrons. The van der Waals surface area contributed by atoms with Gasteiger partial charge in [-0.1, -0.05) is 64.1 Å². The number of allylic oxidation sites excluding steroid dienone is 2. The summed E-state index contributed by atoms with van der Waals surface area (Å²) in [6.45, 7) is 8.76. The Hall–Kier alpha value is -2.20. The minimum atomic E-state index is -0.960. The molecule has 0 spiro atoms. The van der Waals surface area contributed by atoms with Crippen molar-refractivity contribution in [3.05, 3.63) is 58.7 Å². The van der Waals surface area contributed by atoms with Crippen molar-refractivity contribution in [3.8, 4) is 0 Å². The average molecular weight is 423 g/mol. The zero-order valence-corrected chi connectivity index (χ0v) is 19.1. The Morgan fingerprint density at radius 2 is 1.87 bits per heavy atom. The van der Waals surface area contributed by atoms with Crippen LogP contribution in [0, 0.1) is 22.7 Å². The molecule has 1 aromatic carbocycles. The summed E-state index contributed by atoms with van der Waals surface area (Å²) in [5, 5.41) is 10.8. The second-order valence-electron chi connectivity index (χ2n) is 10.4. The highest BCUT2D eigenvalue weighted by atomic mass is 16.5. The molecule has 0 radical (unpaired) electrons.